The van der Waals surface area contributed by atoms with Crippen LogP contribution < -0.4 is 5.32 Å². The Kier molecular flexibility index (Phi) is 3.89. The van der Waals surface area contributed by atoms with Crippen molar-refractivity contribution in [3.63, 3.8) is 0 Å². The first kappa shape index (κ1) is 15.3. The molecule has 3 heterocycles. The molecule has 0 saturated heterocycles. The molecule has 1 atom stereocenters. The number of fused-ring (bicyclic) bond motifs is 1. The van der Waals surface area contributed by atoms with Gasteiger partial charge in [-0.15, -0.1) is 0 Å². The third kappa shape index (κ3) is 2.96. The van der Waals surface area contributed by atoms with Gasteiger partial charge in [0.25, 0.3) is 0 Å². The Morgan fingerprint density at radius 3 is 2.88 bits per heavy atom. The normalized spacial score (nSPS) is 12.4. The second-order valence-electron chi connectivity index (χ2n) is 5.85. The highest BCUT2D eigenvalue weighted by atomic mass is 19.1. The summed E-state index contributed by atoms with van der Waals surface area (Å²) < 4.78 is 17.9. The van der Waals surface area contributed by atoms with Crippen molar-refractivity contribution in [1.82, 2.24) is 24.1 Å². The van der Waals surface area contributed by atoms with Crippen molar-refractivity contribution in [3.05, 3.63) is 67.1 Å². The van der Waals surface area contributed by atoms with Gasteiger partial charge in [-0.2, -0.15) is 9.61 Å². The van der Waals surface area contributed by atoms with Crippen LogP contribution in [0, 0.1) is 5.82 Å². The lowest BCUT2D eigenvalue weighted by atomic mass is 10.1. The number of aromatic nitrogens is 5. The van der Waals surface area contributed by atoms with E-state index in [1.54, 1.807) is 47.5 Å². The molecule has 126 valence electrons. The Morgan fingerprint density at radius 2 is 2.08 bits per heavy atom. The van der Waals surface area contributed by atoms with Crippen LogP contribution in [0.25, 0.3) is 16.9 Å². The molecule has 0 amide bonds. The van der Waals surface area contributed by atoms with E-state index < -0.39 is 0 Å². The van der Waals surface area contributed by atoms with E-state index in [-0.39, 0.29) is 11.9 Å². The number of imidazole rings is 1. The van der Waals surface area contributed by atoms with Gasteiger partial charge in [0, 0.05) is 42.7 Å². The first-order valence-corrected chi connectivity index (χ1v) is 8.03. The van der Waals surface area contributed by atoms with E-state index in [0.717, 1.165) is 5.82 Å². The van der Waals surface area contributed by atoms with E-state index in [9.17, 15) is 4.39 Å². The molecule has 3 aromatic heterocycles. The van der Waals surface area contributed by atoms with Crippen molar-refractivity contribution in [3.8, 4) is 11.3 Å². The SMILES string of the molecule is C[C@@H](CNc1cc(-c2ccccc2F)nc2ccnn12)n1ccnc1. The fraction of sp³-hybridized carbons (Fsp3) is 0.167. The second-order valence-corrected chi connectivity index (χ2v) is 5.85. The monoisotopic (exact) mass is 336 g/mol. The van der Waals surface area contributed by atoms with Gasteiger partial charge in [-0.25, -0.2) is 14.4 Å². The molecular formula is C18H17FN6. The summed E-state index contributed by atoms with van der Waals surface area (Å²) in [7, 11) is 0. The molecule has 25 heavy (non-hydrogen) atoms. The topological polar surface area (TPSA) is 60.0 Å². The molecule has 0 bridgehead atoms. The van der Waals surface area contributed by atoms with E-state index >= 15 is 0 Å². The number of rotatable bonds is 5. The van der Waals surface area contributed by atoms with Crippen LogP contribution in [0.1, 0.15) is 13.0 Å². The number of halogens is 1. The third-order valence-corrected chi connectivity index (χ3v) is 4.12. The zero-order valence-corrected chi connectivity index (χ0v) is 13.7. The maximum absolute atomic E-state index is 14.1. The summed E-state index contributed by atoms with van der Waals surface area (Å²) in [6.07, 6.45) is 7.14. The summed E-state index contributed by atoms with van der Waals surface area (Å²) >= 11 is 0. The molecule has 0 aliphatic heterocycles. The van der Waals surface area contributed by atoms with E-state index in [1.807, 2.05) is 16.8 Å². The fourth-order valence-electron chi connectivity index (χ4n) is 2.73. The van der Waals surface area contributed by atoms with Gasteiger partial charge in [-0.05, 0) is 19.1 Å². The van der Waals surface area contributed by atoms with Crippen LogP contribution in [0.3, 0.4) is 0 Å². The van der Waals surface area contributed by atoms with Crippen molar-refractivity contribution in [2.75, 3.05) is 11.9 Å². The lowest BCUT2D eigenvalue weighted by Gasteiger charge is -2.16. The quantitative estimate of drug-likeness (QED) is 0.607. The molecule has 1 aromatic carbocycles. The number of nitrogens with zero attached hydrogens (tertiary/aromatic N) is 5. The Bertz CT molecular complexity index is 992. The van der Waals surface area contributed by atoms with Crippen LogP contribution >= 0.6 is 0 Å². The Labute approximate surface area is 144 Å². The minimum absolute atomic E-state index is 0.207. The van der Waals surface area contributed by atoms with Gasteiger partial charge in [-0.3, -0.25) is 0 Å². The average Bonchev–Trinajstić information content (AvgIpc) is 3.31. The Hall–Kier alpha value is -3.22. The molecule has 0 spiro atoms. The molecule has 6 nitrogen and oxygen atoms in total. The van der Waals surface area contributed by atoms with Crippen LogP contribution in [0.5, 0.6) is 0 Å². The molecule has 1 N–H and O–H groups in total. The predicted molar refractivity (Wildman–Crippen MR) is 93.8 cm³/mol. The van der Waals surface area contributed by atoms with Gasteiger partial charge < -0.3 is 9.88 Å². The molecule has 7 heteroatoms. The van der Waals surface area contributed by atoms with Crippen LogP contribution in [-0.2, 0) is 0 Å². The van der Waals surface area contributed by atoms with Gasteiger partial charge >= 0.3 is 0 Å². The maximum atomic E-state index is 14.1. The predicted octanol–water partition coefficient (Wildman–Crippen LogP) is 3.41. The van der Waals surface area contributed by atoms with Crippen molar-refractivity contribution in [2.45, 2.75) is 13.0 Å². The number of benzene rings is 1. The van der Waals surface area contributed by atoms with E-state index in [2.05, 4.69) is 27.3 Å². The minimum Gasteiger partial charge on any atom is -0.368 e. The van der Waals surface area contributed by atoms with Crippen molar-refractivity contribution in [2.24, 2.45) is 0 Å². The van der Waals surface area contributed by atoms with Crippen LogP contribution in [0.15, 0.2) is 61.3 Å². The average molecular weight is 336 g/mol. The molecule has 0 radical (unpaired) electrons. The van der Waals surface area contributed by atoms with Crippen molar-refractivity contribution < 1.29 is 4.39 Å². The number of anilines is 1. The smallest absolute Gasteiger partial charge is 0.157 e. The van der Waals surface area contributed by atoms with Gasteiger partial charge in [-0.1, -0.05) is 12.1 Å². The highest BCUT2D eigenvalue weighted by molar-refractivity contribution is 5.66. The molecule has 4 rings (SSSR count). The molecule has 4 aromatic rings. The van der Waals surface area contributed by atoms with E-state index in [0.29, 0.717) is 23.4 Å². The molecule has 0 aliphatic carbocycles. The molecular weight excluding hydrogens is 319 g/mol. The zero-order valence-electron chi connectivity index (χ0n) is 13.7. The summed E-state index contributed by atoms with van der Waals surface area (Å²) in [6.45, 7) is 2.76. The van der Waals surface area contributed by atoms with Gasteiger partial charge in [0.15, 0.2) is 5.65 Å². The summed E-state index contributed by atoms with van der Waals surface area (Å²) in [5.41, 5.74) is 1.71. The van der Waals surface area contributed by atoms with Gasteiger partial charge in [0.1, 0.15) is 11.6 Å². The van der Waals surface area contributed by atoms with Crippen LogP contribution in [-0.4, -0.2) is 30.7 Å². The van der Waals surface area contributed by atoms with E-state index in [4.69, 9.17) is 0 Å². The highest BCUT2D eigenvalue weighted by Crippen LogP contribution is 2.24. The highest BCUT2D eigenvalue weighted by Gasteiger charge is 2.12. The largest absolute Gasteiger partial charge is 0.368 e. The fourth-order valence-corrected chi connectivity index (χ4v) is 2.73. The lowest BCUT2D eigenvalue weighted by molar-refractivity contribution is 0.571. The molecule has 0 fully saturated rings. The first-order valence-electron chi connectivity index (χ1n) is 8.03. The summed E-state index contributed by atoms with van der Waals surface area (Å²) in [6, 6.07) is 10.5. The Balaban J connectivity index is 1.68. The van der Waals surface area contributed by atoms with Gasteiger partial charge in [0.05, 0.1) is 18.2 Å². The number of nitrogens with one attached hydrogen (secondary N) is 1. The second kappa shape index (κ2) is 6.35. The summed E-state index contributed by atoms with van der Waals surface area (Å²) in [5.74, 6) is 0.469. The van der Waals surface area contributed by atoms with Crippen LogP contribution in [0.2, 0.25) is 0 Å². The summed E-state index contributed by atoms with van der Waals surface area (Å²) in [5, 5.41) is 7.68. The van der Waals surface area contributed by atoms with Crippen molar-refractivity contribution >= 4 is 11.5 Å². The molecule has 0 saturated carbocycles. The number of hydrogen-bond donors (Lipinski definition) is 1. The number of hydrogen-bond acceptors (Lipinski definition) is 4. The molecule has 0 aliphatic rings. The van der Waals surface area contributed by atoms with Gasteiger partial charge in [0.2, 0.25) is 0 Å². The van der Waals surface area contributed by atoms with Crippen LogP contribution in [0.4, 0.5) is 10.2 Å². The standard InChI is InChI=1S/C18H17FN6/c1-13(24-9-8-20-12-24)11-21-18-10-16(14-4-2-3-5-15(14)19)23-17-6-7-22-25(17)18/h2-10,12-13,21H,11H2,1H3/t13-/m0/s1. The third-order valence-electron chi connectivity index (χ3n) is 4.12. The van der Waals surface area contributed by atoms with E-state index in [1.165, 1.54) is 6.07 Å². The maximum Gasteiger partial charge on any atom is 0.157 e. The van der Waals surface area contributed by atoms with Crippen molar-refractivity contribution in [1.29, 1.82) is 0 Å². The zero-order chi connectivity index (χ0) is 17.2. The lowest BCUT2D eigenvalue weighted by Crippen LogP contribution is -2.17. The Morgan fingerprint density at radius 1 is 1.20 bits per heavy atom. The molecule has 0 unspecified atom stereocenters. The minimum atomic E-state index is -0.295. The summed E-state index contributed by atoms with van der Waals surface area (Å²) in [4.78, 5) is 8.58. The first-order chi connectivity index (χ1) is 12.2.